The van der Waals surface area contributed by atoms with Crippen LogP contribution < -0.4 is 25.8 Å². The molecule has 0 saturated carbocycles. The molecule has 0 saturated heterocycles. The third-order valence-electron chi connectivity index (χ3n) is 3.85. The van der Waals surface area contributed by atoms with E-state index in [0.29, 0.717) is 30.4 Å². The minimum absolute atomic E-state index is 0.122. The Morgan fingerprint density at radius 1 is 1.03 bits per heavy atom. The zero-order chi connectivity index (χ0) is 23.7. The number of amides is 3. The fourth-order valence-electron chi connectivity index (χ4n) is 2.50. The fourth-order valence-corrected chi connectivity index (χ4v) is 2.50. The highest BCUT2D eigenvalue weighted by molar-refractivity contribution is 6.02. The van der Waals surface area contributed by atoms with Crippen molar-refractivity contribution in [2.45, 2.75) is 13.8 Å². The van der Waals surface area contributed by atoms with E-state index in [1.165, 1.54) is 18.2 Å². The number of anilines is 2. The number of nitrogens with one attached hydrogen (secondary N) is 2. The summed E-state index contributed by atoms with van der Waals surface area (Å²) < 4.78 is 15.7. The van der Waals surface area contributed by atoms with Crippen LogP contribution in [-0.4, -0.2) is 42.7 Å². The van der Waals surface area contributed by atoms with Crippen molar-refractivity contribution in [2.24, 2.45) is 0 Å². The van der Waals surface area contributed by atoms with Gasteiger partial charge in [0.2, 0.25) is 0 Å². The lowest BCUT2D eigenvalue weighted by atomic mass is 10.2. The van der Waals surface area contributed by atoms with Gasteiger partial charge in [-0.05, 0) is 38.1 Å². The number of nitrogens with two attached hydrogens (primary N) is 1. The maximum atomic E-state index is 12.0. The van der Waals surface area contributed by atoms with Crippen molar-refractivity contribution in [1.82, 2.24) is 5.32 Å². The second-order valence-electron chi connectivity index (χ2n) is 6.14. The van der Waals surface area contributed by atoms with Gasteiger partial charge in [-0.15, -0.1) is 0 Å². The predicted octanol–water partition coefficient (Wildman–Crippen LogP) is 2.48. The largest absolute Gasteiger partial charge is 0.490 e. The van der Waals surface area contributed by atoms with E-state index in [0.717, 1.165) is 6.07 Å². The van der Waals surface area contributed by atoms with Crippen molar-refractivity contribution < 1.29 is 33.5 Å². The Bertz CT molecular complexity index is 1020. The minimum atomic E-state index is -0.989. The average molecular weight is 446 g/mol. The summed E-state index contributed by atoms with van der Waals surface area (Å²) in [5, 5.41) is 15.3. The maximum Gasteiger partial charge on any atom is 0.338 e. The number of urea groups is 1. The summed E-state index contributed by atoms with van der Waals surface area (Å²) in [6.45, 7) is 3.66. The molecule has 32 heavy (non-hydrogen) atoms. The van der Waals surface area contributed by atoms with Crippen LogP contribution in [0, 0.1) is 10.1 Å². The number of nitro groups is 1. The van der Waals surface area contributed by atoms with Gasteiger partial charge in [-0.2, -0.15) is 0 Å². The Hall–Kier alpha value is -4.35. The van der Waals surface area contributed by atoms with Crippen LogP contribution in [0.4, 0.5) is 21.9 Å². The van der Waals surface area contributed by atoms with Crippen LogP contribution in [0.1, 0.15) is 24.2 Å². The van der Waals surface area contributed by atoms with Gasteiger partial charge in [0.25, 0.3) is 11.6 Å². The molecule has 2 aromatic carbocycles. The van der Waals surface area contributed by atoms with Gasteiger partial charge in [0.15, 0.2) is 18.1 Å². The van der Waals surface area contributed by atoms with Gasteiger partial charge in [-0.1, -0.05) is 0 Å². The maximum absolute atomic E-state index is 12.0. The van der Waals surface area contributed by atoms with Crippen LogP contribution in [-0.2, 0) is 9.53 Å². The Kier molecular flexibility index (Phi) is 8.34. The van der Waals surface area contributed by atoms with Crippen molar-refractivity contribution in [1.29, 1.82) is 0 Å². The molecule has 0 heterocycles. The average Bonchev–Trinajstić information content (AvgIpc) is 2.74. The summed E-state index contributed by atoms with van der Waals surface area (Å²) in [5.74, 6) is -0.968. The number of imide groups is 1. The first-order valence-corrected chi connectivity index (χ1v) is 9.46. The lowest BCUT2D eigenvalue weighted by Crippen LogP contribution is -2.37. The summed E-state index contributed by atoms with van der Waals surface area (Å²) in [7, 11) is 0. The lowest BCUT2D eigenvalue weighted by Gasteiger charge is -2.13. The highest BCUT2D eigenvalue weighted by Crippen LogP contribution is 2.30. The zero-order valence-corrected chi connectivity index (χ0v) is 17.4. The van der Waals surface area contributed by atoms with E-state index in [9.17, 15) is 24.5 Å². The molecule has 0 aliphatic heterocycles. The number of nitro benzene ring substituents is 1. The van der Waals surface area contributed by atoms with Crippen molar-refractivity contribution in [2.75, 3.05) is 30.9 Å². The number of carbonyl (C=O) groups excluding carboxylic acids is 3. The number of rotatable bonds is 9. The topological polar surface area (TPSA) is 172 Å². The smallest absolute Gasteiger partial charge is 0.338 e. The molecular weight excluding hydrogens is 424 g/mol. The Morgan fingerprint density at radius 2 is 1.72 bits per heavy atom. The monoisotopic (exact) mass is 446 g/mol. The first-order chi connectivity index (χ1) is 15.2. The fraction of sp³-hybridized carbons (Fsp3) is 0.250. The third-order valence-corrected chi connectivity index (χ3v) is 3.85. The number of benzene rings is 2. The second-order valence-corrected chi connectivity index (χ2v) is 6.14. The van der Waals surface area contributed by atoms with Crippen LogP contribution in [0.2, 0.25) is 0 Å². The van der Waals surface area contributed by atoms with Gasteiger partial charge in [0.05, 0.1) is 23.7 Å². The van der Waals surface area contributed by atoms with Crippen molar-refractivity contribution in [3.05, 3.63) is 52.1 Å². The summed E-state index contributed by atoms with van der Waals surface area (Å²) in [4.78, 5) is 46.1. The lowest BCUT2D eigenvalue weighted by molar-refractivity contribution is -0.383. The van der Waals surface area contributed by atoms with Gasteiger partial charge in [0, 0.05) is 17.8 Å². The van der Waals surface area contributed by atoms with Crippen molar-refractivity contribution in [3.8, 4) is 11.5 Å². The quantitative estimate of drug-likeness (QED) is 0.226. The van der Waals surface area contributed by atoms with Gasteiger partial charge < -0.3 is 25.3 Å². The van der Waals surface area contributed by atoms with E-state index < -0.39 is 35.1 Å². The Labute approximate surface area is 182 Å². The van der Waals surface area contributed by atoms with Gasteiger partial charge in [-0.3, -0.25) is 20.2 Å². The molecule has 12 nitrogen and oxygen atoms in total. The van der Waals surface area contributed by atoms with E-state index in [4.69, 9.17) is 19.9 Å². The van der Waals surface area contributed by atoms with E-state index in [-0.39, 0.29) is 11.3 Å². The molecule has 170 valence electrons. The molecule has 0 fully saturated rings. The molecule has 12 heteroatoms. The molecule has 0 spiro atoms. The molecular formula is C20H22N4O8. The second kappa shape index (κ2) is 11.2. The molecule has 0 bridgehead atoms. The Morgan fingerprint density at radius 3 is 2.38 bits per heavy atom. The van der Waals surface area contributed by atoms with Gasteiger partial charge in [0.1, 0.15) is 5.69 Å². The minimum Gasteiger partial charge on any atom is -0.490 e. The molecule has 0 aliphatic rings. The SMILES string of the molecule is CCOc1ccc(NC(=O)NC(=O)COC(=O)c2ccc(N)c([N+](=O)[O-])c2)cc1OCC. The van der Waals surface area contributed by atoms with E-state index in [1.807, 2.05) is 12.2 Å². The Balaban J connectivity index is 1.91. The van der Waals surface area contributed by atoms with Crippen LogP contribution in [0.3, 0.4) is 0 Å². The first-order valence-electron chi connectivity index (χ1n) is 9.46. The summed E-state index contributed by atoms with van der Waals surface area (Å²) in [5.41, 5.74) is 5.05. The standard InChI is InChI=1S/C20H22N4O8/c1-3-30-16-8-6-13(10-17(16)31-4-2)22-20(27)23-18(25)11-32-19(26)12-5-7-14(21)15(9-12)24(28)29/h5-10H,3-4,11,21H2,1-2H3,(H2,22,23,25,27). The van der Waals surface area contributed by atoms with Crippen LogP contribution >= 0.6 is 0 Å². The molecule has 0 atom stereocenters. The first kappa shape index (κ1) is 23.9. The number of esters is 1. The van der Waals surface area contributed by atoms with E-state index in [1.54, 1.807) is 19.1 Å². The molecule has 0 aromatic heterocycles. The number of ether oxygens (including phenoxy) is 3. The molecule has 0 radical (unpaired) electrons. The van der Waals surface area contributed by atoms with Crippen molar-refractivity contribution >= 4 is 35.0 Å². The van der Waals surface area contributed by atoms with Crippen LogP contribution in [0.5, 0.6) is 11.5 Å². The number of hydrogen-bond donors (Lipinski definition) is 3. The van der Waals surface area contributed by atoms with Crippen LogP contribution in [0.15, 0.2) is 36.4 Å². The normalized spacial score (nSPS) is 10.1. The van der Waals surface area contributed by atoms with Gasteiger partial charge >= 0.3 is 12.0 Å². The summed E-state index contributed by atoms with van der Waals surface area (Å²) in [6.07, 6.45) is 0. The van der Waals surface area contributed by atoms with Crippen LogP contribution in [0.25, 0.3) is 0 Å². The van der Waals surface area contributed by atoms with Gasteiger partial charge in [-0.25, -0.2) is 9.59 Å². The highest BCUT2D eigenvalue weighted by atomic mass is 16.6. The highest BCUT2D eigenvalue weighted by Gasteiger charge is 2.18. The summed E-state index contributed by atoms with van der Waals surface area (Å²) in [6, 6.07) is 7.18. The van der Waals surface area contributed by atoms with Crippen molar-refractivity contribution in [3.63, 3.8) is 0 Å². The molecule has 3 amide bonds. The number of nitrogens with zero attached hydrogens (tertiary/aromatic N) is 1. The number of carbonyl (C=O) groups is 3. The predicted molar refractivity (Wildman–Crippen MR) is 114 cm³/mol. The number of hydrogen-bond acceptors (Lipinski definition) is 9. The molecule has 2 aromatic rings. The summed E-state index contributed by atoms with van der Waals surface area (Å²) >= 11 is 0. The molecule has 0 aliphatic carbocycles. The third kappa shape index (κ3) is 6.58. The molecule has 4 N–H and O–H groups in total. The van der Waals surface area contributed by atoms with E-state index in [2.05, 4.69) is 5.32 Å². The number of nitrogen functional groups attached to an aromatic ring is 1. The molecule has 2 rings (SSSR count). The zero-order valence-electron chi connectivity index (χ0n) is 17.4. The van der Waals surface area contributed by atoms with E-state index >= 15 is 0 Å². The molecule has 0 unspecified atom stereocenters.